The predicted octanol–water partition coefficient (Wildman–Crippen LogP) is 3.30. The lowest BCUT2D eigenvalue weighted by atomic mass is 10.2. The molecule has 2 amide bonds. The minimum atomic E-state index is -4.41. The fraction of sp³-hybridized carbons (Fsp3) is 0.176. The summed E-state index contributed by atoms with van der Waals surface area (Å²) in [6.07, 6.45) is -1.23. The number of urea groups is 1. The summed E-state index contributed by atoms with van der Waals surface area (Å²) in [4.78, 5) is 15.5. The smallest absolute Gasteiger partial charge is 0.416 e. The highest BCUT2D eigenvalue weighted by Gasteiger charge is 2.29. The number of ether oxygens (including phenoxy) is 1. The van der Waals surface area contributed by atoms with Crippen LogP contribution in [0.4, 0.5) is 23.7 Å². The van der Waals surface area contributed by atoms with Crippen molar-refractivity contribution in [3.05, 3.63) is 54.4 Å². The molecule has 0 aliphatic carbocycles. The van der Waals surface area contributed by atoms with E-state index in [4.69, 9.17) is 4.74 Å². The van der Waals surface area contributed by atoms with E-state index in [1.54, 1.807) is 24.5 Å². The number of nitrogens with zero attached hydrogens (tertiary/aromatic N) is 1. The third-order valence-corrected chi connectivity index (χ3v) is 2.88. The van der Waals surface area contributed by atoms with Gasteiger partial charge in [0.05, 0.1) is 18.3 Å². The van der Waals surface area contributed by atoms with E-state index in [1.165, 1.54) is 12.1 Å². The standard InChI is InChI=1S/C17H14F3N3O2/c18-17(19,20)13-5-7-14(8-6-13)23-16(24)22-10-1-2-11-25-15-4-3-9-21-12-15/h3-9,12H,10-11H2,(H2,22,23,24). The number of hydrogen-bond acceptors (Lipinski definition) is 3. The zero-order valence-corrected chi connectivity index (χ0v) is 12.9. The first-order valence-corrected chi connectivity index (χ1v) is 7.16. The Labute approximate surface area is 142 Å². The summed E-state index contributed by atoms with van der Waals surface area (Å²) in [5.74, 6) is 5.98. The molecule has 2 aromatic rings. The Morgan fingerprint density at radius 3 is 2.56 bits per heavy atom. The molecule has 2 rings (SSSR count). The highest BCUT2D eigenvalue weighted by Crippen LogP contribution is 2.29. The molecule has 130 valence electrons. The summed E-state index contributed by atoms with van der Waals surface area (Å²) >= 11 is 0. The number of benzene rings is 1. The minimum Gasteiger partial charge on any atom is -0.479 e. The van der Waals surface area contributed by atoms with Gasteiger partial charge >= 0.3 is 12.2 Å². The van der Waals surface area contributed by atoms with Crippen molar-refractivity contribution < 1.29 is 22.7 Å². The van der Waals surface area contributed by atoms with Gasteiger partial charge in [-0.15, -0.1) is 0 Å². The lowest BCUT2D eigenvalue weighted by molar-refractivity contribution is -0.137. The van der Waals surface area contributed by atoms with Gasteiger partial charge in [-0.2, -0.15) is 13.2 Å². The van der Waals surface area contributed by atoms with Crippen LogP contribution in [0.2, 0.25) is 0 Å². The molecule has 1 heterocycles. The normalized spacial score (nSPS) is 10.4. The predicted molar refractivity (Wildman–Crippen MR) is 86.0 cm³/mol. The van der Waals surface area contributed by atoms with E-state index in [0.29, 0.717) is 5.75 Å². The Balaban J connectivity index is 1.70. The zero-order chi connectivity index (χ0) is 18.1. The van der Waals surface area contributed by atoms with E-state index in [-0.39, 0.29) is 18.8 Å². The SMILES string of the molecule is O=C(NCC#CCOc1cccnc1)Nc1ccc(C(F)(F)F)cc1. The van der Waals surface area contributed by atoms with Crippen molar-refractivity contribution in [3.8, 4) is 17.6 Å². The average Bonchev–Trinajstić information content (AvgIpc) is 2.58. The Bertz CT molecular complexity index is 751. The Hall–Kier alpha value is -3.21. The monoisotopic (exact) mass is 349 g/mol. The number of aromatic nitrogens is 1. The van der Waals surface area contributed by atoms with Crippen LogP contribution in [0.15, 0.2) is 48.8 Å². The summed E-state index contributed by atoms with van der Waals surface area (Å²) in [5.41, 5.74) is -0.531. The average molecular weight is 349 g/mol. The van der Waals surface area contributed by atoms with Crippen LogP contribution >= 0.6 is 0 Å². The molecule has 1 aromatic heterocycles. The fourth-order valence-electron chi connectivity index (χ4n) is 1.71. The number of carbonyl (C=O) groups excluding carboxylic acids is 1. The number of amides is 2. The van der Waals surface area contributed by atoms with Gasteiger partial charge in [0, 0.05) is 11.9 Å². The van der Waals surface area contributed by atoms with E-state index >= 15 is 0 Å². The molecule has 25 heavy (non-hydrogen) atoms. The largest absolute Gasteiger partial charge is 0.479 e. The van der Waals surface area contributed by atoms with Crippen molar-refractivity contribution in [2.45, 2.75) is 6.18 Å². The first kappa shape index (κ1) is 18.1. The summed E-state index contributed by atoms with van der Waals surface area (Å²) < 4.78 is 42.6. The van der Waals surface area contributed by atoms with Gasteiger partial charge in [0.25, 0.3) is 0 Å². The number of rotatable bonds is 4. The third-order valence-electron chi connectivity index (χ3n) is 2.88. The fourth-order valence-corrected chi connectivity index (χ4v) is 1.71. The summed E-state index contributed by atoms with van der Waals surface area (Å²) in [6.45, 7) is 0.219. The van der Waals surface area contributed by atoms with Crippen molar-refractivity contribution in [3.63, 3.8) is 0 Å². The molecule has 0 bridgehead atoms. The molecule has 0 unspecified atom stereocenters. The topological polar surface area (TPSA) is 63.2 Å². The summed E-state index contributed by atoms with van der Waals surface area (Å²) in [5, 5.41) is 4.87. The summed E-state index contributed by atoms with van der Waals surface area (Å²) in [6, 6.07) is 7.05. The van der Waals surface area contributed by atoms with Crippen molar-refractivity contribution in [2.75, 3.05) is 18.5 Å². The number of pyridine rings is 1. The molecule has 5 nitrogen and oxygen atoms in total. The number of anilines is 1. The molecule has 0 aliphatic rings. The zero-order valence-electron chi connectivity index (χ0n) is 12.9. The van der Waals surface area contributed by atoms with Crippen molar-refractivity contribution in [1.82, 2.24) is 10.3 Å². The molecule has 8 heteroatoms. The number of halogens is 3. The van der Waals surface area contributed by atoms with Gasteiger partial charge in [0.15, 0.2) is 0 Å². The molecule has 0 fully saturated rings. The maximum Gasteiger partial charge on any atom is 0.416 e. The van der Waals surface area contributed by atoms with Gasteiger partial charge in [-0.05, 0) is 36.4 Å². The third kappa shape index (κ3) is 6.43. The van der Waals surface area contributed by atoms with E-state index in [9.17, 15) is 18.0 Å². The highest BCUT2D eigenvalue weighted by atomic mass is 19.4. The van der Waals surface area contributed by atoms with Crippen LogP contribution in [0.1, 0.15) is 5.56 Å². The number of carbonyl (C=O) groups is 1. The number of alkyl halides is 3. The second-order valence-electron chi connectivity index (χ2n) is 4.71. The van der Waals surface area contributed by atoms with Gasteiger partial charge in [0.1, 0.15) is 12.4 Å². The molecule has 1 aromatic carbocycles. The Kier molecular flexibility index (Phi) is 6.23. The first-order valence-electron chi connectivity index (χ1n) is 7.16. The van der Waals surface area contributed by atoms with E-state index in [0.717, 1.165) is 12.1 Å². The van der Waals surface area contributed by atoms with Crippen LogP contribution in [-0.4, -0.2) is 24.2 Å². The van der Waals surface area contributed by atoms with E-state index < -0.39 is 17.8 Å². The van der Waals surface area contributed by atoms with Crippen LogP contribution in [0.25, 0.3) is 0 Å². The van der Waals surface area contributed by atoms with Gasteiger partial charge in [0.2, 0.25) is 0 Å². The number of nitrogens with one attached hydrogen (secondary N) is 2. The second kappa shape index (κ2) is 8.59. The maximum atomic E-state index is 12.4. The molecule has 2 N–H and O–H groups in total. The molecule has 0 spiro atoms. The molecular weight excluding hydrogens is 335 g/mol. The van der Waals surface area contributed by atoms with Crippen LogP contribution < -0.4 is 15.4 Å². The van der Waals surface area contributed by atoms with Crippen LogP contribution in [0.5, 0.6) is 5.75 Å². The van der Waals surface area contributed by atoms with Crippen LogP contribution in [-0.2, 0) is 6.18 Å². The van der Waals surface area contributed by atoms with E-state index in [2.05, 4.69) is 27.5 Å². The van der Waals surface area contributed by atoms with Crippen LogP contribution in [0, 0.1) is 11.8 Å². The maximum absolute atomic E-state index is 12.4. The highest BCUT2D eigenvalue weighted by molar-refractivity contribution is 5.89. The molecule has 0 saturated carbocycles. The molecule has 0 radical (unpaired) electrons. The van der Waals surface area contributed by atoms with E-state index in [1.807, 2.05) is 0 Å². The van der Waals surface area contributed by atoms with Crippen molar-refractivity contribution in [1.29, 1.82) is 0 Å². The number of hydrogen-bond donors (Lipinski definition) is 2. The molecule has 0 aliphatic heterocycles. The first-order chi connectivity index (χ1) is 11.9. The molecule has 0 saturated heterocycles. The van der Waals surface area contributed by atoms with Gasteiger partial charge in [-0.3, -0.25) is 4.98 Å². The lowest BCUT2D eigenvalue weighted by Crippen LogP contribution is -2.29. The minimum absolute atomic E-state index is 0.0723. The quantitative estimate of drug-likeness (QED) is 0.833. The Morgan fingerprint density at radius 1 is 1.16 bits per heavy atom. The van der Waals surface area contributed by atoms with Crippen LogP contribution in [0.3, 0.4) is 0 Å². The Morgan fingerprint density at radius 2 is 1.92 bits per heavy atom. The van der Waals surface area contributed by atoms with Crippen molar-refractivity contribution >= 4 is 11.7 Å². The lowest BCUT2D eigenvalue weighted by Gasteiger charge is -2.08. The molecule has 0 atom stereocenters. The summed E-state index contributed by atoms with van der Waals surface area (Å²) in [7, 11) is 0. The van der Waals surface area contributed by atoms with Gasteiger partial charge in [-0.25, -0.2) is 4.79 Å². The second-order valence-corrected chi connectivity index (χ2v) is 4.71. The van der Waals surface area contributed by atoms with Crippen molar-refractivity contribution in [2.24, 2.45) is 0 Å². The van der Waals surface area contributed by atoms with Gasteiger partial charge < -0.3 is 15.4 Å². The molecular formula is C17H14F3N3O2. The van der Waals surface area contributed by atoms with Gasteiger partial charge in [-0.1, -0.05) is 11.8 Å².